The van der Waals surface area contributed by atoms with E-state index in [0.717, 1.165) is 38.1 Å². The van der Waals surface area contributed by atoms with Gasteiger partial charge in [0.1, 0.15) is 0 Å². The third-order valence-corrected chi connectivity index (χ3v) is 4.32. The highest BCUT2D eigenvalue weighted by Crippen LogP contribution is 2.29. The molecule has 1 aliphatic heterocycles. The molecule has 3 rings (SSSR count). The summed E-state index contributed by atoms with van der Waals surface area (Å²) < 4.78 is 38.1. The van der Waals surface area contributed by atoms with Gasteiger partial charge in [-0.1, -0.05) is 12.1 Å². The smallest absolute Gasteiger partial charge is 0.350 e. The number of carbonyl (C=O) groups is 1. The van der Waals surface area contributed by atoms with E-state index in [0.29, 0.717) is 11.5 Å². The lowest BCUT2D eigenvalue weighted by molar-refractivity contribution is -0.137. The monoisotopic (exact) mass is 376 g/mol. The average Bonchev–Trinajstić information content (AvgIpc) is 2.67. The van der Waals surface area contributed by atoms with Crippen LogP contribution in [0.3, 0.4) is 0 Å². The predicted octanol–water partition coefficient (Wildman–Crippen LogP) is 3.29. The number of carbonyl (C=O) groups excluding carboxylic acids is 1. The van der Waals surface area contributed by atoms with Crippen molar-refractivity contribution in [3.63, 3.8) is 0 Å². The number of aromatic nitrogens is 2. The molecule has 1 aromatic heterocycles. The zero-order valence-electron chi connectivity index (χ0n) is 14.5. The summed E-state index contributed by atoms with van der Waals surface area (Å²) in [4.78, 5) is 22.5. The van der Waals surface area contributed by atoms with E-state index in [9.17, 15) is 18.0 Å². The molecule has 1 fully saturated rings. The van der Waals surface area contributed by atoms with Gasteiger partial charge in [-0.3, -0.25) is 4.79 Å². The number of hydrogen-bond acceptors (Lipinski definition) is 4. The number of halogens is 3. The number of nitrogens with zero attached hydrogens (tertiary/aromatic N) is 3. The second-order valence-corrected chi connectivity index (χ2v) is 6.28. The van der Waals surface area contributed by atoms with Crippen molar-refractivity contribution in [2.24, 2.45) is 0 Å². The molecule has 0 unspecified atom stereocenters. The van der Waals surface area contributed by atoms with E-state index in [4.69, 9.17) is 0 Å². The third kappa shape index (κ3) is 5.29. The van der Waals surface area contributed by atoms with Gasteiger partial charge in [0.25, 0.3) is 0 Å². The third-order valence-electron chi connectivity index (χ3n) is 4.32. The average molecular weight is 376 g/mol. The van der Waals surface area contributed by atoms with Gasteiger partial charge in [-0.15, -0.1) is 0 Å². The van der Waals surface area contributed by atoms with Crippen molar-refractivity contribution in [2.45, 2.75) is 25.1 Å². The van der Waals surface area contributed by atoms with Gasteiger partial charge < -0.3 is 10.2 Å². The summed E-state index contributed by atoms with van der Waals surface area (Å²) in [6.07, 6.45) is 3.13. The van der Waals surface area contributed by atoms with Gasteiger partial charge in [-0.2, -0.15) is 13.2 Å². The number of hydrogen-bond donors (Lipinski definition) is 1. The molecule has 1 N–H and O–H groups in total. The maximum Gasteiger partial charge on any atom is 0.416 e. The number of nitrogens with one attached hydrogen (secondary N) is 1. The maximum atomic E-state index is 12.7. The topological polar surface area (TPSA) is 58.1 Å². The molecule has 1 saturated heterocycles. The van der Waals surface area contributed by atoms with Crippen LogP contribution in [0.5, 0.6) is 0 Å². The zero-order valence-corrected chi connectivity index (χ0v) is 14.5. The quantitative estimate of drug-likeness (QED) is 0.832. The van der Waals surface area contributed by atoms with Crippen molar-refractivity contribution in [3.8, 4) is 0 Å². The molecule has 2 heterocycles. The molecule has 1 aromatic carbocycles. The molecule has 0 radical (unpaired) electrons. The van der Waals surface area contributed by atoms with Gasteiger partial charge in [-0.25, -0.2) is 9.97 Å². The molecule has 8 heteroatoms. The van der Waals surface area contributed by atoms with Gasteiger partial charge in [0, 0.05) is 37.6 Å². The second kappa shape index (κ2) is 8.20. The summed E-state index contributed by atoms with van der Waals surface area (Å²) in [5, 5.41) is 2.89. The van der Waals surface area contributed by atoms with E-state index in [1.54, 1.807) is 18.5 Å². The number of benzene rings is 1. The molecule has 0 spiro atoms. The highest BCUT2D eigenvalue weighted by atomic mass is 19.4. The lowest BCUT2D eigenvalue weighted by Gasteiger charge is -2.32. The van der Waals surface area contributed by atoms with E-state index in [-0.39, 0.29) is 11.9 Å². The van der Waals surface area contributed by atoms with E-state index in [1.165, 1.54) is 24.3 Å². The van der Waals surface area contributed by atoms with E-state index < -0.39 is 11.7 Å². The summed E-state index contributed by atoms with van der Waals surface area (Å²) in [5.41, 5.74) is -0.406. The molecule has 0 saturated carbocycles. The number of rotatable bonds is 4. The number of amides is 1. The fraction of sp³-hybridized carbons (Fsp3) is 0.316. The van der Waals surface area contributed by atoms with E-state index >= 15 is 0 Å². The Morgan fingerprint density at radius 2 is 1.85 bits per heavy atom. The fourth-order valence-corrected chi connectivity index (χ4v) is 2.92. The molecular weight excluding hydrogens is 357 g/mol. The van der Waals surface area contributed by atoms with Crippen LogP contribution in [-0.2, 0) is 11.0 Å². The molecule has 142 valence electrons. The molecule has 2 aromatic rings. The minimum Gasteiger partial charge on any atom is -0.350 e. The Bertz CT molecular complexity index is 800. The Hall–Kier alpha value is -2.90. The molecule has 27 heavy (non-hydrogen) atoms. The summed E-state index contributed by atoms with van der Waals surface area (Å²) in [7, 11) is 0. The van der Waals surface area contributed by atoms with Crippen LogP contribution in [-0.4, -0.2) is 35.0 Å². The van der Waals surface area contributed by atoms with Gasteiger partial charge in [0.2, 0.25) is 11.9 Å². The van der Waals surface area contributed by atoms with Crippen molar-refractivity contribution in [1.29, 1.82) is 0 Å². The van der Waals surface area contributed by atoms with Gasteiger partial charge in [0.05, 0.1) is 5.56 Å². The Kier molecular flexibility index (Phi) is 5.73. The molecule has 1 aliphatic rings. The van der Waals surface area contributed by atoms with Crippen LogP contribution in [0.25, 0.3) is 6.08 Å². The minimum absolute atomic E-state index is 0.0172. The molecule has 0 aliphatic carbocycles. The Labute approximate surface area is 154 Å². The first-order chi connectivity index (χ1) is 12.9. The lowest BCUT2D eigenvalue weighted by Crippen LogP contribution is -2.44. The Morgan fingerprint density at radius 3 is 2.52 bits per heavy atom. The highest BCUT2D eigenvalue weighted by molar-refractivity contribution is 5.91. The highest BCUT2D eigenvalue weighted by Gasteiger charge is 2.30. The molecule has 5 nitrogen and oxygen atoms in total. The van der Waals surface area contributed by atoms with Crippen LogP contribution < -0.4 is 10.2 Å². The Balaban J connectivity index is 1.51. The van der Waals surface area contributed by atoms with Gasteiger partial charge in [0.15, 0.2) is 0 Å². The van der Waals surface area contributed by atoms with Crippen molar-refractivity contribution in [3.05, 3.63) is 59.9 Å². The van der Waals surface area contributed by atoms with Crippen LogP contribution in [0.2, 0.25) is 0 Å². The number of alkyl halides is 3. The van der Waals surface area contributed by atoms with Crippen LogP contribution in [0.15, 0.2) is 48.8 Å². The zero-order chi connectivity index (χ0) is 19.3. The summed E-state index contributed by atoms with van der Waals surface area (Å²) in [5.74, 6) is 0.355. The molecule has 0 bridgehead atoms. The second-order valence-electron chi connectivity index (χ2n) is 6.28. The minimum atomic E-state index is -4.40. The first-order valence-electron chi connectivity index (χ1n) is 8.59. The van der Waals surface area contributed by atoms with Crippen molar-refractivity contribution in [1.82, 2.24) is 15.3 Å². The lowest BCUT2D eigenvalue weighted by atomic mass is 10.1. The fourth-order valence-electron chi connectivity index (χ4n) is 2.92. The van der Waals surface area contributed by atoms with Gasteiger partial charge >= 0.3 is 6.18 Å². The van der Waals surface area contributed by atoms with Crippen molar-refractivity contribution < 1.29 is 18.0 Å². The Morgan fingerprint density at radius 1 is 1.15 bits per heavy atom. The van der Waals surface area contributed by atoms with E-state index in [1.807, 2.05) is 0 Å². The standard InChI is InChI=1S/C19H19F3N4O/c20-19(21,22)15-4-1-3-14(13-15)5-6-17(27)25-16-7-11-26(12-8-16)18-23-9-2-10-24-18/h1-6,9-10,13,16H,7-8,11-12H2,(H,25,27)/b6-5-. The predicted molar refractivity (Wildman–Crippen MR) is 95.9 cm³/mol. The van der Waals surface area contributed by atoms with Crippen LogP contribution >= 0.6 is 0 Å². The van der Waals surface area contributed by atoms with Crippen LogP contribution in [0, 0.1) is 0 Å². The van der Waals surface area contributed by atoms with Crippen molar-refractivity contribution >= 4 is 17.9 Å². The largest absolute Gasteiger partial charge is 0.416 e. The number of anilines is 1. The van der Waals surface area contributed by atoms with Gasteiger partial charge in [-0.05, 0) is 42.7 Å². The molecule has 1 amide bonds. The first kappa shape index (κ1) is 18.9. The number of piperidine rings is 1. The normalized spacial score (nSPS) is 15.9. The summed E-state index contributed by atoms with van der Waals surface area (Å²) >= 11 is 0. The molecule has 0 atom stereocenters. The SMILES string of the molecule is O=C(/C=C\c1cccc(C(F)(F)F)c1)NC1CCN(c2ncccn2)CC1. The first-order valence-corrected chi connectivity index (χ1v) is 8.59. The van der Waals surface area contributed by atoms with Crippen LogP contribution in [0.1, 0.15) is 24.0 Å². The summed E-state index contributed by atoms with van der Waals surface area (Å²) in [6.45, 7) is 1.46. The van der Waals surface area contributed by atoms with Crippen molar-refractivity contribution in [2.75, 3.05) is 18.0 Å². The molecular formula is C19H19F3N4O. The maximum absolute atomic E-state index is 12.7. The summed E-state index contributed by atoms with van der Waals surface area (Å²) in [6, 6.07) is 6.64. The van der Waals surface area contributed by atoms with Crippen LogP contribution in [0.4, 0.5) is 19.1 Å². The van der Waals surface area contributed by atoms with E-state index in [2.05, 4.69) is 20.2 Å².